The lowest BCUT2D eigenvalue weighted by atomic mass is 9.83. The van der Waals surface area contributed by atoms with Gasteiger partial charge in [-0.05, 0) is 49.1 Å². The summed E-state index contributed by atoms with van der Waals surface area (Å²) >= 11 is 12.5. The SMILES string of the molecule is CC(=O)N1CCC(C(=O)N2CCC(N(C)C(=O)c3ccccc3)C(c3ccc(Cl)c(Cl)c3)C2)CC1. The van der Waals surface area contributed by atoms with Gasteiger partial charge >= 0.3 is 0 Å². The molecule has 0 aromatic heterocycles. The summed E-state index contributed by atoms with van der Waals surface area (Å²) in [5.41, 5.74) is 1.60. The van der Waals surface area contributed by atoms with E-state index in [1.165, 1.54) is 0 Å². The fraction of sp³-hybridized carbons (Fsp3) is 0.444. The van der Waals surface area contributed by atoms with E-state index in [-0.39, 0.29) is 35.6 Å². The van der Waals surface area contributed by atoms with Gasteiger partial charge in [0.25, 0.3) is 5.91 Å². The Bertz CT molecular complexity index is 1090. The quantitative estimate of drug-likeness (QED) is 0.592. The highest BCUT2D eigenvalue weighted by Crippen LogP contribution is 2.35. The van der Waals surface area contributed by atoms with Crippen LogP contribution in [0.2, 0.25) is 10.0 Å². The van der Waals surface area contributed by atoms with Gasteiger partial charge in [0.1, 0.15) is 0 Å². The molecule has 2 saturated heterocycles. The molecule has 2 aliphatic rings. The van der Waals surface area contributed by atoms with Gasteiger partial charge in [0.2, 0.25) is 11.8 Å². The number of benzene rings is 2. The van der Waals surface area contributed by atoms with Gasteiger partial charge in [-0.1, -0.05) is 47.5 Å². The average Bonchev–Trinajstić information content (AvgIpc) is 2.89. The number of nitrogens with zero attached hydrogens (tertiary/aromatic N) is 3. The van der Waals surface area contributed by atoms with E-state index in [0.717, 1.165) is 5.56 Å². The van der Waals surface area contributed by atoms with E-state index in [2.05, 4.69) is 0 Å². The Hall–Kier alpha value is -2.57. The maximum Gasteiger partial charge on any atom is 0.253 e. The van der Waals surface area contributed by atoms with Gasteiger partial charge in [-0.2, -0.15) is 0 Å². The molecule has 6 nitrogen and oxygen atoms in total. The monoisotopic (exact) mass is 515 g/mol. The van der Waals surface area contributed by atoms with Gasteiger partial charge in [0, 0.05) is 63.6 Å². The molecule has 2 aromatic rings. The highest BCUT2D eigenvalue weighted by atomic mass is 35.5. The van der Waals surface area contributed by atoms with Crippen molar-refractivity contribution in [3.63, 3.8) is 0 Å². The Morgan fingerprint density at radius 3 is 2.17 bits per heavy atom. The zero-order chi connectivity index (χ0) is 25.1. The summed E-state index contributed by atoms with van der Waals surface area (Å²) < 4.78 is 0. The number of piperidine rings is 2. The predicted molar refractivity (Wildman–Crippen MR) is 138 cm³/mol. The first kappa shape index (κ1) is 25.5. The molecule has 2 unspecified atom stereocenters. The Morgan fingerprint density at radius 1 is 0.886 bits per heavy atom. The topological polar surface area (TPSA) is 60.9 Å². The Morgan fingerprint density at radius 2 is 1.54 bits per heavy atom. The fourth-order valence-electron chi connectivity index (χ4n) is 5.31. The van der Waals surface area contributed by atoms with Crippen molar-refractivity contribution in [1.82, 2.24) is 14.7 Å². The Balaban J connectivity index is 1.55. The number of amides is 3. The summed E-state index contributed by atoms with van der Waals surface area (Å²) in [5.74, 6) is -0.0361. The smallest absolute Gasteiger partial charge is 0.253 e. The molecule has 2 aromatic carbocycles. The number of hydrogen-bond donors (Lipinski definition) is 0. The van der Waals surface area contributed by atoms with Gasteiger partial charge in [-0.3, -0.25) is 14.4 Å². The first-order valence-corrected chi connectivity index (χ1v) is 12.8. The van der Waals surface area contributed by atoms with E-state index in [4.69, 9.17) is 23.2 Å². The van der Waals surface area contributed by atoms with Crippen LogP contribution in [0.4, 0.5) is 0 Å². The van der Waals surface area contributed by atoms with Crippen LogP contribution < -0.4 is 0 Å². The standard InChI is InChI=1S/C27H31Cl2N3O3/c1-18(33)31-13-10-20(11-14-31)27(35)32-15-12-25(30(2)26(34)19-6-4-3-5-7-19)22(17-32)21-8-9-23(28)24(29)16-21/h3-9,16,20,22,25H,10-15,17H2,1-2H3. The third-order valence-corrected chi connectivity index (χ3v) is 8.13. The van der Waals surface area contributed by atoms with E-state index < -0.39 is 0 Å². The summed E-state index contributed by atoms with van der Waals surface area (Å²) in [6.45, 7) is 3.89. The molecule has 4 rings (SSSR count). The third-order valence-electron chi connectivity index (χ3n) is 7.39. The van der Waals surface area contributed by atoms with E-state index in [9.17, 15) is 14.4 Å². The minimum Gasteiger partial charge on any atom is -0.343 e. The summed E-state index contributed by atoms with van der Waals surface area (Å²) in [6, 6.07) is 14.7. The Kier molecular flexibility index (Phi) is 8.02. The number of likely N-dealkylation sites (tertiary alicyclic amines) is 2. The zero-order valence-corrected chi connectivity index (χ0v) is 21.6. The molecule has 0 aliphatic carbocycles. The van der Waals surface area contributed by atoms with Crippen molar-refractivity contribution in [3.05, 3.63) is 69.7 Å². The summed E-state index contributed by atoms with van der Waals surface area (Å²) in [5, 5.41) is 0.932. The largest absolute Gasteiger partial charge is 0.343 e. The second-order valence-corrected chi connectivity index (χ2v) is 10.3. The van der Waals surface area contributed by atoms with E-state index >= 15 is 0 Å². The molecule has 2 fully saturated rings. The number of rotatable bonds is 4. The van der Waals surface area contributed by atoms with Gasteiger partial charge in [0.05, 0.1) is 10.0 Å². The molecular formula is C27H31Cl2N3O3. The molecule has 0 radical (unpaired) electrons. The van der Waals surface area contributed by atoms with Crippen molar-refractivity contribution >= 4 is 40.9 Å². The van der Waals surface area contributed by atoms with Crippen LogP contribution in [-0.2, 0) is 9.59 Å². The molecular weight excluding hydrogens is 485 g/mol. The first-order chi connectivity index (χ1) is 16.8. The third kappa shape index (κ3) is 5.65. The van der Waals surface area contributed by atoms with Gasteiger partial charge in [-0.25, -0.2) is 0 Å². The van der Waals surface area contributed by atoms with Crippen molar-refractivity contribution in [2.24, 2.45) is 5.92 Å². The zero-order valence-electron chi connectivity index (χ0n) is 20.1. The molecule has 3 amide bonds. The molecule has 186 valence electrons. The molecule has 0 bridgehead atoms. The van der Waals surface area contributed by atoms with Crippen molar-refractivity contribution in [2.45, 2.75) is 38.1 Å². The summed E-state index contributed by atoms with van der Waals surface area (Å²) in [4.78, 5) is 43.9. The van der Waals surface area contributed by atoms with Gasteiger partial charge in [-0.15, -0.1) is 0 Å². The minimum atomic E-state index is -0.0996. The molecule has 0 spiro atoms. The summed E-state index contributed by atoms with van der Waals surface area (Å²) in [6.07, 6.45) is 2.03. The predicted octanol–water partition coefficient (Wildman–Crippen LogP) is 4.71. The van der Waals surface area contributed by atoms with Crippen LogP contribution in [0.15, 0.2) is 48.5 Å². The molecule has 0 N–H and O–H groups in total. The van der Waals surface area contributed by atoms with Crippen molar-refractivity contribution in [1.29, 1.82) is 0 Å². The van der Waals surface area contributed by atoms with Crippen LogP contribution in [-0.4, -0.2) is 71.7 Å². The second kappa shape index (κ2) is 11.0. The van der Waals surface area contributed by atoms with E-state index in [1.54, 1.807) is 22.8 Å². The van der Waals surface area contributed by atoms with Crippen LogP contribution in [0.5, 0.6) is 0 Å². The highest BCUT2D eigenvalue weighted by Gasteiger charge is 2.39. The van der Waals surface area contributed by atoms with E-state index in [1.807, 2.05) is 54.4 Å². The maximum atomic E-state index is 13.5. The van der Waals surface area contributed by atoms with Crippen molar-refractivity contribution < 1.29 is 14.4 Å². The second-order valence-electron chi connectivity index (χ2n) is 9.48. The van der Waals surface area contributed by atoms with Crippen molar-refractivity contribution in [3.8, 4) is 0 Å². The lowest BCUT2D eigenvalue weighted by Crippen LogP contribution is -2.53. The number of likely N-dealkylation sites (N-methyl/N-ethyl adjacent to an activating group) is 1. The molecule has 2 atom stereocenters. The summed E-state index contributed by atoms with van der Waals surface area (Å²) in [7, 11) is 1.83. The van der Waals surface area contributed by atoms with Crippen LogP contribution in [0.1, 0.15) is 48.0 Å². The fourth-order valence-corrected chi connectivity index (χ4v) is 5.62. The molecule has 35 heavy (non-hydrogen) atoms. The van der Waals surface area contributed by atoms with Crippen LogP contribution in [0.25, 0.3) is 0 Å². The average molecular weight is 516 g/mol. The van der Waals surface area contributed by atoms with Crippen LogP contribution >= 0.6 is 23.2 Å². The highest BCUT2D eigenvalue weighted by molar-refractivity contribution is 6.42. The lowest BCUT2D eigenvalue weighted by molar-refractivity contribution is -0.141. The van der Waals surface area contributed by atoms with Crippen LogP contribution in [0, 0.1) is 5.92 Å². The Labute approximate surface area is 216 Å². The maximum absolute atomic E-state index is 13.5. The van der Waals surface area contributed by atoms with Gasteiger partial charge < -0.3 is 14.7 Å². The van der Waals surface area contributed by atoms with Gasteiger partial charge in [0.15, 0.2) is 0 Å². The minimum absolute atomic E-state index is 0.0444. The molecule has 8 heteroatoms. The lowest BCUT2D eigenvalue weighted by Gasteiger charge is -2.44. The normalized spacial score (nSPS) is 21.0. The molecule has 2 heterocycles. The molecule has 2 aliphatic heterocycles. The first-order valence-electron chi connectivity index (χ1n) is 12.1. The number of carbonyl (C=O) groups is 3. The molecule has 0 saturated carbocycles. The van der Waals surface area contributed by atoms with Crippen LogP contribution in [0.3, 0.4) is 0 Å². The number of carbonyl (C=O) groups excluding carboxylic acids is 3. The van der Waals surface area contributed by atoms with Crippen molar-refractivity contribution in [2.75, 3.05) is 33.2 Å². The number of hydrogen-bond acceptors (Lipinski definition) is 3. The number of halogens is 2. The van der Waals surface area contributed by atoms with E-state index in [0.29, 0.717) is 61.1 Å².